The van der Waals surface area contributed by atoms with E-state index in [1.807, 2.05) is 49.2 Å². The minimum Gasteiger partial charge on any atom is -0.309 e. The third kappa shape index (κ3) is 11.5. The van der Waals surface area contributed by atoms with E-state index in [9.17, 15) is 0 Å². The summed E-state index contributed by atoms with van der Waals surface area (Å²) in [6.45, 7) is 0. The molecule has 12 nitrogen and oxygen atoms in total. The smallest absolute Gasteiger partial charge is 0.137 e. The lowest BCUT2D eigenvalue weighted by Gasteiger charge is -2.11. The van der Waals surface area contributed by atoms with Gasteiger partial charge in [0.2, 0.25) is 0 Å². The summed E-state index contributed by atoms with van der Waals surface area (Å²) in [7, 11) is 0. The van der Waals surface area contributed by atoms with Gasteiger partial charge in [-0.25, -0.2) is 4.98 Å². The van der Waals surface area contributed by atoms with E-state index in [1.54, 1.807) is 0 Å². The monoisotopic (exact) mass is 1720 g/mol. The number of pyridine rings is 3. The molecule has 135 heavy (non-hydrogen) atoms. The van der Waals surface area contributed by atoms with Gasteiger partial charge in [-0.3, -0.25) is 14.5 Å². The highest BCUT2D eigenvalue weighted by molar-refractivity contribution is 6.19. The fourth-order valence-electron chi connectivity index (χ4n) is 22.3. The van der Waals surface area contributed by atoms with E-state index in [1.165, 1.54) is 191 Å². The van der Waals surface area contributed by atoms with Gasteiger partial charge in [0.05, 0.1) is 111 Å². The number of nitrogens with zero attached hydrogens (tertiary/aromatic N) is 12. The highest BCUT2D eigenvalue weighted by atomic mass is 15.1. The van der Waals surface area contributed by atoms with Gasteiger partial charge in [-0.15, -0.1) is 0 Å². The Morgan fingerprint density at radius 1 is 0.119 bits per heavy atom. The van der Waals surface area contributed by atoms with E-state index in [2.05, 4.69) is 476 Å². The second kappa shape index (κ2) is 30.1. The van der Waals surface area contributed by atoms with Crippen LogP contribution in [0.1, 0.15) is 0 Å². The number of rotatable bonds is 9. The molecule has 30 aromatic rings. The Bertz CT molecular complexity index is 9030. The van der Waals surface area contributed by atoms with Crippen molar-refractivity contribution in [2.45, 2.75) is 0 Å². The normalized spacial score (nSPS) is 12.0. The molecule has 0 aliphatic carbocycles. The van der Waals surface area contributed by atoms with Crippen LogP contribution in [0, 0.1) is 0 Å². The van der Waals surface area contributed by atoms with Crippen molar-refractivity contribution in [1.29, 1.82) is 0 Å². The van der Waals surface area contributed by atoms with Crippen molar-refractivity contribution in [2.75, 3.05) is 0 Å². The quantitative estimate of drug-likeness (QED) is 0.144. The molecule has 0 aliphatic heterocycles. The van der Waals surface area contributed by atoms with Crippen LogP contribution in [0.3, 0.4) is 0 Å². The van der Waals surface area contributed by atoms with Gasteiger partial charge >= 0.3 is 0 Å². The molecule has 0 spiro atoms. The number of aromatic nitrogens is 12. The van der Waals surface area contributed by atoms with Crippen LogP contribution in [0.2, 0.25) is 0 Å². The zero-order valence-electron chi connectivity index (χ0n) is 72.9. The second-order valence-electron chi connectivity index (χ2n) is 35.0. The maximum atomic E-state index is 4.70. The van der Waals surface area contributed by atoms with Crippen LogP contribution in [0.25, 0.3) is 248 Å². The average molecular weight is 1720 g/mol. The van der Waals surface area contributed by atoms with Gasteiger partial charge in [0.15, 0.2) is 0 Å². The Morgan fingerprint density at radius 2 is 0.319 bits per heavy atom. The number of hydrogen-bond acceptors (Lipinski definition) is 3. The summed E-state index contributed by atoms with van der Waals surface area (Å²) in [5.74, 6) is 0.922. The highest BCUT2D eigenvalue weighted by Gasteiger charge is 2.25. The first-order valence-corrected chi connectivity index (χ1v) is 45.9. The minimum atomic E-state index is 0.922. The van der Waals surface area contributed by atoms with Crippen molar-refractivity contribution in [3.05, 3.63) is 474 Å². The molecule has 12 aromatic heterocycles. The molecule has 0 radical (unpaired) electrons. The molecule has 12 heterocycles. The van der Waals surface area contributed by atoms with Crippen molar-refractivity contribution >= 4 is 196 Å². The Kier molecular flexibility index (Phi) is 16.9. The van der Waals surface area contributed by atoms with Crippen molar-refractivity contribution in [1.82, 2.24) is 56.1 Å². The molecule has 0 amide bonds. The number of hydrogen-bond donors (Lipinski definition) is 0. The summed E-state index contributed by atoms with van der Waals surface area (Å²) in [6, 6.07) is 160. The van der Waals surface area contributed by atoms with Crippen molar-refractivity contribution < 1.29 is 0 Å². The SMILES string of the molecule is c1ccc(-n2c3ccccc3c3cc(-n4c5ccccc5c5cc(-n6c7ccccc7c7ccccc76)ccc54)ccc32)nc1.c1ccc2c(c1)c1ccccc1n2-c1ccc2c(c1)c1ccccc1n2-c1ccc2c(c1)c1ccccc1n2-c1ccncc1.c1cncc(-n2c3ccccc3c3cc(-n4c5ccccc5c5cc(-n6c7ccccc7c7ccccc76)ccc54)ccc32)c1. The average Bonchev–Trinajstić information content (AvgIpc) is 1.60. The van der Waals surface area contributed by atoms with Gasteiger partial charge in [-0.05, 0) is 218 Å². The largest absolute Gasteiger partial charge is 0.309 e. The van der Waals surface area contributed by atoms with Gasteiger partial charge in [-0.1, -0.05) is 224 Å². The van der Waals surface area contributed by atoms with Gasteiger partial charge in [0.25, 0.3) is 0 Å². The maximum Gasteiger partial charge on any atom is 0.137 e. The molecular weight excluding hydrogens is 1650 g/mol. The summed E-state index contributed by atoms with van der Waals surface area (Å²) in [4.78, 5) is 13.4. The van der Waals surface area contributed by atoms with Crippen LogP contribution < -0.4 is 0 Å². The number of benzene rings is 18. The molecule has 0 atom stereocenters. The summed E-state index contributed by atoms with van der Waals surface area (Å²) in [5, 5.41) is 22.4. The van der Waals surface area contributed by atoms with Crippen LogP contribution in [0.5, 0.6) is 0 Å². The Labute approximate surface area is 772 Å². The van der Waals surface area contributed by atoms with Crippen LogP contribution in [0.4, 0.5) is 0 Å². The van der Waals surface area contributed by atoms with Crippen molar-refractivity contribution in [3.63, 3.8) is 0 Å². The topological polar surface area (TPSA) is 83.0 Å². The molecule has 0 fully saturated rings. The van der Waals surface area contributed by atoms with Gasteiger partial charge < -0.3 is 36.5 Å². The molecule has 0 N–H and O–H groups in total. The highest BCUT2D eigenvalue weighted by Crippen LogP contribution is 2.46. The van der Waals surface area contributed by atoms with Crippen LogP contribution >= 0.6 is 0 Å². The van der Waals surface area contributed by atoms with Gasteiger partial charge in [-0.2, -0.15) is 0 Å². The summed E-state index contributed by atoms with van der Waals surface area (Å²) in [6.07, 6.45) is 9.33. The Morgan fingerprint density at radius 3 is 0.548 bits per heavy atom. The third-order valence-corrected chi connectivity index (χ3v) is 27.9. The maximum absolute atomic E-state index is 4.70. The lowest BCUT2D eigenvalue weighted by molar-refractivity contribution is 1.08. The summed E-state index contributed by atoms with van der Waals surface area (Å²) < 4.78 is 21.3. The molecule has 30 rings (SSSR count). The molecule has 0 unspecified atom stereocenters. The standard InChI is InChI=1S/3C41H26N4/c1-5-15-36-30(11-1)31-12-2-6-16-37(31)43(36)27-19-21-40-34(24-27)32-13-3-7-17-38(32)44(40)28-20-22-41-35(25-28)33-14-4-8-18-39(33)45(41)29-10-9-23-42-26-29;1-5-15-35-29(11-1)30-12-2-6-16-36(30)43(35)27-20-22-39-33(25-27)31-13-3-7-17-37(31)44(39)28-21-23-40-34(26-28)32-14-4-8-18-38(32)45(40)41-19-9-10-24-42-41;1-5-13-36-30(9-1)31-10-2-6-14-37(31)44(36)28-18-20-41-35(25-28)33-12-4-8-16-39(33)45(41)29-17-19-40-34(26-29)32-11-3-7-15-38(32)43(40)27-21-23-42-24-22-27/h3*1-26H. The fourth-order valence-corrected chi connectivity index (χ4v) is 22.3. The first kappa shape index (κ1) is 75.6. The minimum absolute atomic E-state index is 0.922. The van der Waals surface area contributed by atoms with Crippen LogP contribution in [-0.2, 0) is 0 Å². The molecule has 12 heteroatoms. The third-order valence-electron chi connectivity index (χ3n) is 27.9. The van der Waals surface area contributed by atoms with Gasteiger partial charge in [0.1, 0.15) is 5.82 Å². The predicted octanol–water partition coefficient (Wildman–Crippen LogP) is 31.1. The zero-order valence-corrected chi connectivity index (χ0v) is 72.9. The molecule has 18 aromatic carbocycles. The fraction of sp³-hybridized carbons (Fsp3) is 0. The zero-order chi connectivity index (χ0) is 88.5. The lowest BCUT2D eigenvalue weighted by Crippen LogP contribution is -1.97. The molecule has 0 saturated heterocycles. The van der Waals surface area contributed by atoms with Crippen LogP contribution in [0.15, 0.2) is 474 Å². The van der Waals surface area contributed by atoms with E-state index in [-0.39, 0.29) is 0 Å². The Balaban J connectivity index is 0.000000101. The first-order chi connectivity index (χ1) is 67.0. The van der Waals surface area contributed by atoms with Gasteiger partial charge in [0, 0.05) is 162 Å². The van der Waals surface area contributed by atoms with Crippen molar-refractivity contribution in [2.24, 2.45) is 0 Å². The first-order valence-electron chi connectivity index (χ1n) is 45.9. The second-order valence-corrected chi connectivity index (χ2v) is 35.0. The van der Waals surface area contributed by atoms with E-state index < -0.39 is 0 Å². The summed E-state index contributed by atoms with van der Waals surface area (Å²) >= 11 is 0. The predicted molar refractivity (Wildman–Crippen MR) is 562 cm³/mol. The van der Waals surface area contributed by atoms with E-state index in [0.717, 1.165) is 56.7 Å². The number of para-hydroxylation sites is 12. The number of fused-ring (bicyclic) bond motifs is 27. The van der Waals surface area contributed by atoms with Crippen LogP contribution in [-0.4, -0.2) is 56.1 Å². The molecule has 0 bridgehead atoms. The lowest BCUT2D eigenvalue weighted by atomic mass is 10.1. The molecular formula is C123H78N12. The molecule has 0 saturated carbocycles. The Hall–Kier alpha value is -18.4. The van der Waals surface area contributed by atoms with E-state index >= 15 is 0 Å². The van der Waals surface area contributed by atoms with E-state index in [0.29, 0.717) is 0 Å². The molecule has 630 valence electrons. The van der Waals surface area contributed by atoms with Crippen molar-refractivity contribution in [3.8, 4) is 51.3 Å². The van der Waals surface area contributed by atoms with E-state index in [4.69, 9.17) is 4.98 Å². The molecule has 0 aliphatic rings. The summed E-state index contributed by atoms with van der Waals surface area (Å²) in [5.41, 5.74) is 30.6.